The third kappa shape index (κ3) is 6.40. The van der Waals surface area contributed by atoms with Crippen LogP contribution < -0.4 is 10.6 Å². The van der Waals surface area contributed by atoms with Gasteiger partial charge in [-0.05, 0) is 81.3 Å². The van der Waals surface area contributed by atoms with E-state index in [1.54, 1.807) is 6.07 Å². The average molecular weight is 545 g/mol. The van der Waals surface area contributed by atoms with Crippen molar-refractivity contribution in [3.8, 4) is 0 Å². The number of rotatable bonds is 5. The van der Waals surface area contributed by atoms with Crippen molar-refractivity contribution in [1.82, 2.24) is 20.4 Å². The van der Waals surface area contributed by atoms with Crippen LogP contribution in [0, 0.1) is 23.4 Å². The molecule has 2 aromatic rings. The number of piperidine rings is 1. The summed E-state index contributed by atoms with van der Waals surface area (Å²) in [6.07, 6.45) is 1.39. The van der Waals surface area contributed by atoms with E-state index in [1.165, 1.54) is 31.3 Å². The summed E-state index contributed by atoms with van der Waals surface area (Å²) in [6, 6.07) is 7.57. The minimum Gasteiger partial charge on any atom is -0.342 e. The Bertz CT molecular complexity index is 1210. The summed E-state index contributed by atoms with van der Waals surface area (Å²) >= 11 is 0. The molecule has 3 atom stereocenters. The number of hydrogen-bond donors (Lipinski definition) is 2. The lowest BCUT2D eigenvalue weighted by molar-refractivity contribution is -0.136. The molecule has 2 aliphatic rings. The number of likely N-dealkylation sites (tertiary alicyclic amines) is 2. The van der Waals surface area contributed by atoms with Crippen LogP contribution in [0.3, 0.4) is 0 Å². The molecule has 2 unspecified atom stereocenters. The zero-order chi connectivity index (χ0) is 28.5. The molecule has 2 heterocycles. The Morgan fingerprint density at radius 1 is 0.949 bits per heavy atom. The first-order valence-electron chi connectivity index (χ1n) is 13.7. The molecule has 2 saturated heterocycles. The molecule has 0 radical (unpaired) electrons. The van der Waals surface area contributed by atoms with Crippen LogP contribution >= 0.6 is 0 Å². The van der Waals surface area contributed by atoms with Crippen LogP contribution in [0.1, 0.15) is 75.1 Å². The maximum atomic E-state index is 14.8. The number of nitrogens with zero attached hydrogens (tertiary/aromatic N) is 2. The van der Waals surface area contributed by atoms with E-state index in [4.69, 9.17) is 0 Å². The molecular formula is C30H39F3N4O2. The van der Waals surface area contributed by atoms with E-state index in [9.17, 15) is 22.8 Å². The Hall–Kier alpha value is -3.07. The second kappa shape index (κ2) is 11.6. The Labute approximate surface area is 228 Å². The molecule has 2 fully saturated rings. The molecule has 2 aromatic carbocycles. The minimum absolute atomic E-state index is 0.0112. The summed E-state index contributed by atoms with van der Waals surface area (Å²) < 4.78 is 42.6. The van der Waals surface area contributed by atoms with E-state index in [2.05, 4.69) is 36.3 Å². The van der Waals surface area contributed by atoms with Gasteiger partial charge in [-0.1, -0.05) is 12.1 Å². The lowest BCUT2D eigenvalue weighted by Crippen LogP contribution is -2.44. The van der Waals surface area contributed by atoms with Crippen molar-refractivity contribution in [2.45, 2.75) is 64.0 Å². The normalized spacial score (nSPS) is 21.6. The summed E-state index contributed by atoms with van der Waals surface area (Å²) in [7, 11) is 1.53. The average Bonchev–Trinajstić information content (AvgIpc) is 3.34. The zero-order valence-electron chi connectivity index (χ0n) is 23.4. The highest BCUT2D eigenvalue weighted by molar-refractivity contribution is 5.81. The number of amides is 3. The fourth-order valence-electron chi connectivity index (χ4n) is 6.00. The number of nitrogens with one attached hydrogen (secondary N) is 2. The second-order valence-electron chi connectivity index (χ2n) is 11.8. The van der Waals surface area contributed by atoms with Crippen LogP contribution in [0.4, 0.5) is 18.0 Å². The summed E-state index contributed by atoms with van der Waals surface area (Å²) in [4.78, 5) is 29.8. The third-order valence-corrected chi connectivity index (χ3v) is 8.28. The molecule has 0 saturated carbocycles. The van der Waals surface area contributed by atoms with Crippen LogP contribution in [0.5, 0.6) is 0 Å². The number of halogens is 3. The summed E-state index contributed by atoms with van der Waals surface area (Å²) in [5, 5.41) is 5.35. The van der Waals surface area contributed by atoms with Gasteiger partial charge in [0.2, 0.25) is 5.91 Å². The van der Waals surface area contributed by atoms with Crippen LogP contribution in [-0.4, -0.2) is 60.5 Å². The van der Waals surface area contributed by atoms with Gasteiger partial charge >= 0.3 is 6.03 Å². The predicted molar refractivity (Wildman–Crippen MR) is 145 cm³/mol. The second-order valence-corrected chi connectivity index (χ2v) is 11.8. The first-order chi connectivity index (χ1) is 18.4. The molecule has 212 valence electrons. The van der Waals surface area contributed by atoms with E-state index in [-0.39, 0.29) is 41.2 Å². The van der Waals surface area contributed by atoms with Gasteiger partial charge in [0.25, 0.3) is 0 Å². The first kappa shape index (κ1) is 28.9. The molecule has 6 nitrogen and oxygen atoms in total. The molecule has 0 bridgehead atoms. The van der Waals surface area contributed by atoms with E-state index in [0.717, 1.165) is 17.2 Å². The van der Waals surface area contributed by atoms with Crippen molar-refractivity contribution >= 4 is 11.9 Å². The number of urea groups is 1. The summed E-state index contributed by atoms with van der Waals surface area (Å²) in [5.74, 6) is -2.31. The molecular weight excluding hydrogens is 505 g/mol. The van der Waals surface area contributed by atoms with Crippen LogP contribution in [0.15, 0.2) is 36.4 Å². The number of carbonyl (C=O) groups excluding carboxylic acids is 2. The highest BCUT2D eigenvalue weighted by Gasteiger charge is 2.44. The topological polar surface area (TPSA) is 64.7 Å². The Kier molecular flexibility index (Phi) is 8.59. The molecule has 2 N–H and O–H groups in total. The SMILES string of the molecule is CNC(=O)NC(C)c1cc(F)ccc1C1CCN(C(=O)[C@@H]2CN(C(C)(C)C)CC2c2ccc(F)cc2F)CC1. The fourth-order valence-corrected chi connectivity index (χ4v) is 6.00. The fraction of sp³-hybridized carbons (Fsp3) is 0.533. The summed E-state index contributed by atoms with van der Waals surface area (Å²) in [5.41, 5.74) is 1.88. The van der Waals surface area contributed by atoms with Crippen molar-refractivity contribution in [3.63, 3.8) is 0 Å². The Balaban J connectivity index is 1.51. The molecule has 39 heavy (non-hydrogen) atoms. The smallest absolute Gasteiger partial charge is 0.315 e. The van der Waals surface area contributed by atoms with Gasteiger partial charge in [0.1, 0.15) is 17.5 Å². The van der Waals surface area contributed by atoms with Gasteiger partial charge in [-0.3, -0.25) is 9.69 Å². The predicted octanol–water partition coefficient (Wildman–Crippen LogP) is 5.31. The molecule has 9 heteroatoms. The van der Waals surface area contributed by atoms with Crippen molar-refractivity contribution in [3.05, 3.63) is 70.5 Å². The van der Waals surface area contributed by atoms with Gasteiger partial charge in [0.05, 0.1) is 12.0 Å². The Morgan fingerprint density at radius 3 is 2.15 bits per heavy atom. The molecule has 0 aliphatic carbocycles. The Morgan fingerprint density at radius 2 is 1.56 bits per heavy atom. The highest BCUT2D eigenvalue weighted by atomic mass is 19.1. The van der Waals surface area contributed by atoms with Crippen molar-refractivity contribution in [2.24, 2.45) is 5.92 Å². The third-order valence-electron chi connectivity index (χ3n) is 8.28. The van der Waals surface area contributed by atoms with Gasteiger partial charge < -0.3 is 15.5 Å². The van der Waals surface area contributed by atoms with Gasteiger partial charge in [-0.25, -0.2) is 18.0 Å². The minimum atomic E-state index is -0.633. The lowest BCUT2D eigenvalue weighted by Gasteiger charge is -2.36. The molecule has 0 aromatic heterocycles. The van der Waals surface area contributed by atoms with Crippen LogP contribution in [0.25, 0.3) is 0 Å². The zero-order valence-corrected chi connectivity index (χ0v) is 23.4. The largest absolute Gasteiger partial charge is 0.342 e. The number of carbonyl (C=O) groups is 2. The lowest BCUT2D eigenvalue weighted by atomic mass is 9.83. The monoisotopic (exact) mass is 544 g/mol. The van der Waals surface area contributed by atoms with E-state index in [0.29, 0.717) is 44.6 Å². The number of hydrogen-bond acceptors (Lipinski definition) is 3. The molecule has 0 spiro atoms. The van der Waals surface area contributed by atoms with Gasteiger partial charge in [0, 0.05) is 50.7 Å². The molecule has 2 aliphatic heterocycles. The van der Waals surface area contributed by atoms with Crippen molar-refractivity contribution in [2.75, 3.05) is 33.2 Å². The van der Waals surface area contributed by atoms with Crippen molar-refractivity contribution < 1.29 is 22.8 Å². The van der Waals surface area contributed by atoms with Crippen molar-refractivity contribution in [1.29, 1.82) is 0 Å². The first-order valence-corrected chi connectivity index (χ1v) is 13.7. The maximum Gasteiger partial charge on any atom is 0.315 e. The van der Waals surface area contributed by atoms with E-state index in [1.807, 2.05) is 11.8 Å². The van der Waals surface area contributed by atoms with E-state index >= 15 is 0 Å². The van der Waals surface area contributed by atoms with Gasteiger partial charge in [-0.15, -0.1) is 0 Å². The summed E-state index contributed by atoms with van der Waals surface area (Å²) in [6.45, 7) is 10.1. The highest BCUT2D eigenvalue weighted by Crippen LogP contribution is 2.40. The van der Waals surface area contributed by atoms with Gasteiger partial charge in [0.15, 0.2) is 0 Å². The number of benzene rings is 2. The van der Waals surface area contributed by atoms with E-state index < -0.39 is 17.6 Å². The standard InChI is InChI=1S/C30H39F3N4O2/c1-18(35-29(39)34-5)24-14-20(31)6-8-22(24)19-10-12-36(13-11-19)28(38)26-17-37(30(2,3)4)16-25(26)23-9-7-21(32)15-27(23)33/h6-9,14-15,18-19,25-26H,10-13,16-17H2,1-5H3,(H2,34,35,39)/t18?,25?,26-/m1/s1. The van der Waals surface area contributed by atoms with Gasteiger partial charge in [-0.2, -0.15) is 0 Å². The molecule has 3 amide bonds. The van der Waals surface area contributed by atoms with Crippen LogP contribution in [0.2, 0.25) is 0 Å². The molecule has 4 rings (SSSR count). The van der Waals surface area contributed by atoms with Crippen LogP contribution in [-0.2, 0) is 4.79 Å². The quantitative estimate of drug-likeness (QED) is 0.536. The maximum absolute atomic E-state index is 14.8.